The third-order valence-corrected chi connectivity index (χ3v) is 5.92. The lowest BCUT2D eigenvalue weighted by Gasteiger charge is -2.30. The first kappa shape index (κ1) is 18.1. The van der Waals surface area contributed by atoms with Crippen molar-refractivity contribution in [2.24, 2.45) is 23.7 Å². The summed E-state index contributed by atoms with van der Waals surface area (Å²) in [5.74, 6) is 4.17. The molecule has 2 rings (SSSR count). The normalized spacial score (nSPS) is 36.9. The van der Waals surface area contributed by atoms with Crippen molar-refractivity contribution in [3.63, 3.8) is 0 Å². The van der Waals surface area contributed by atoms with E-state index in [1.807, 2.05) is 0 Å². The van der Waals surface area contributed by atoms with Crippen molar-refractivity contribution in [1.29, 1.82) is 0 Å². The zero-order valence-electron chi connectivity index (χ0n) is 13.5. The van der Waals surface area contributed by atoms with E-state index < -0.39 is 0 Å². The molecule has 0 unspecified atom stereocenters. The van der Waals surface area contributed by atoms with E-state index in [9.17, 15) is 0 Å². The molecule has 0 aromatic carbocycles. The van der Waals surface area contributed by atoms with Crippen molar-refractivity contribution in [2.45, 2.75) is 105 Å². The molecule has 0 radical (unpaired) electrons. The van der Waals surface area contributed by atoms with Gasteiger partial charge < -0.3 is 0 Å². The van der Waals surface area contributed by atoms with Crippen molar-refractivity contribution in [3.8, 4) is 0 Å². The minimum atomic E-state index is 0. The maximum atomic E-state index is 2.46. The summed E-state index contributed by atoms with van der Waals surface area (Å²) in [6.45, 7) is 4.91. The predicted molar refractivity (Wildman–Crippen MR) is 92.1 cm³/mol. The summed E-state index contributed by atoms with van der Waals surface area (Å²) in [6.07, 6.45) is 19.8. The first-order valence-corrected chi connectivity index (χ1v) is 9.24. The lowest BCUT2D eigenvalue weighted by Crippen LogP contribution is -2.16. The second kappa shape index (κ2) is 9.85. The number of hydrogen-bond donors (Lipinski definition) is 0. The second-order valence-electron chi connectivity index (χ2n) is 7.90. The van der Waals surface area contributed by atoms with Gasteiger partial charge in [-0.25, -0.2) is 0 Å². The molecule has 0 nitrogen and oxygen atoms in total. The lowest BCUT2D eigenvalue weighted by atomic mass is 9.76. The third kappa shape index (κ3) is 6.64. The summed E-state index contributed by atoms with van der Waals surface area (Å²) in [4.78, 5) is 0. The summed E-state index contributed by atoms with van der Waals surface area (Å²) in [6, 6.07) is 0. The first-order valence-electron chi connectivity index (χ1n) is 9.24. The number of hydrogen-bond acceptors (Lipinski definition) is 0. The fourth-order valence-corrected chi connectivity index (χ4v) is 4.41. The Morgan fingerprint density at radius 2 is 0.950 bits per heavy atom. The van der Waals surface area contributed by atoms with Gasteiger partial charge in [-0.3, -0.25) is 0 Å². The summed E-state index contributed by atoms with van der Waals surface area (Å²) in [5.41, 5.74) is 0. The van der Waals surface area contributed by atoms with E-state index in [1.54, 1.807) is 19.3 Å². The van der Waals surface area contributed by atoms with E-state index in [0.717, 1.165) is 23.7 Å². The smallest absolute Gasteiger partial charge is 0.0411 e. The Morgan fingerprint density at radius 1 is 0.550 bits per heavy atom. The van der Waals surface area contributed by atoms with Crippen molar-refractivity contribution < 1.29 is 0 Å². The molecule has 120 valence electrons. The molecule has 0 aromatic rings. The van der Waals surface area contributed by atoms with E-state index in [4.69, 9.17) is 0 Å². The standard InChI is InChI=1S/C19H36.CH4/c1-16-7-3-5-9-18(10-6-4-8-16)15-19-13-11-17(2)12-14-19;/h16-19H,3-15H2,1-2H3;1H4. The van der Waals surface area contributed by atoms with Crippen LogP contribution in [-0.4, -0.2) is 0 Å². The molecule has 2 aliphatic rings. The summed E-state index contributed by atoms with van der Waals surface area (Å²) in [7, 11) is 0. The van der Waals surface area contributed by atoms with Crippen molar-refractivity contribution in [2.75, 3.05) is 0 Å². The lowest BCUT2D eigenvalue weighted by molar-refractivity contribution is 0.226. The molecule has 0 spiro atoms. The Kier molecular flexibility index (Phi) is 8.89. The summed E-state index contributed by atoms with van der Waals surface area (Å²) >= 11 is 0. The first-order chi connectivity index (χ1) is 9.24. The van der Waals surface area contributed by atoms with Crippen molar-refractivity contribution >= 4 is 0 Å². The molecule has 2 fully saturated rings. The van der Waals surface area contributed by atoms with E-state index in [1.165, 1.54) is 64.2 Å². The van der Waals surface area contributed by atoms with Gasteiger partial charge in [0.15, 0.2) is 0 Å². The summed E-state index contributed by atoms with van der Waals surface area (Å²) < 4.78 is 0. The molecule has 0 atom stereocenters. The fraction of sp³-hybridized carbons (Fsp3) is 1.00. The Balaban J connectivity index is 0.00000200. The SMILES string of the molecule is C.CC1CCCCC(CC2CCC(C)CC2)CCCC1. The van der Waals surface area contributed by atoms with Gasteiger partial charge in [0.25, 0.3) is 0 Å². The molecule has 0 bridgehead atoms. The Bertz CT molecular complexity index is 212. The van der Waals surface area contributed by atoms with E-state index >= 15 is 0 Å². The Morgan fingerprint density at radius 3 is 1.50 bits per heavy atom. The molecule has 0 heteroatoms. The maximum Gasteiger partial charge on any atom is -0.0411 e. The van der Waals surface area contributed by atoms with Crippen LogP contribution in [0.2, 0.25) is 0 Å². The van der Waals surface area contributed by atoms with Crippen LogP contribution < -0.4 is 0 Å². The van der Waals surface area contributed by atoms with Gasteiger partial charge in [0.1, 0.15) is 0 Å². The van der Waals surface area contributed by atoms with Crippen LogP contribution >= 0.6 is 0 Å². The quantitative estimate of drug-likeness (QED) is 0.500. The van der Waals surface area contributed by atoms with Gasteiger partial charge in [-0.05, 0) is 30.1 Å². The molecule has 0 saturated heterocycles. The fourth-order valence-electron chi connectivity index (χ4n) is 4.41. The van der Waals surface area contributed by atoms with Crippen LogP contribution in [-0.2, 0) is 0 Å². The molecular formula is C20H40. The maximum absolute atomic E-state index is 2.46. The van der Waals surface area contributed by atoms with Gasteiger partial charge in [-0.15, -0.1) is 0 Å². The van der Waals surface area contributed by atoms with Crippen LogP contribution in [0.3, 0.4) is 0 Å². The molecular weight excluding hydrogens is 240 g/mol. The summed E-state index contributed by atoms with van der Waals surface area (Å²) in [5, 5.41) is 0. The Hall–Kier alpha value is 0. The van der Waals surface area contributed by atoms with Crippen molar-refractivity contribution in [3.05, 3.63) is 0 Å². The minimum absolute atomic E-state index is 0. The van der Waals surface area contributed by atoms with E-state index in [-0.39, 0.29) is 7.43 Å². The Labute approximate surface area is 129 Å². The molecule has 0 N–H and O–H groups in total. The van der Waals surface area contributed by atoms with Crippen LogP contribution in [0.1, 0.15) is 105 Å². The van der Waals surface area contributed by atoms with Gasteiger partial charge >= 0.3 is 0 Å². The largest absolute Gasteiger partial charge is 0.0776 e. The number of rotatable bonds is 2. The van der Waals surface area contributed by atoms with Crippen LogP contribution in [0.25, 0.3) is 0 Å². The highest BCUT2D eigenvalue weighted by Crippen LogP contribution is 2.35. The zero-order valence-corrected chi connectivity index (χ0v) is 13.5. The predicted octanol–water partition coefficient (Wildman–Crippen LogP) is 7.23. The van der Waals surface area contributed by atoms with Crippen LogP contribution in [0.15, 0.2) is 0 Å². The van der Waals surface area contributed by atoms with Crippen molar-refractivity contribution in [1.82, 2.24) is 0 Å². The molecule has 0 heterocycles. The van der Waals surface area contributed by atoms with Crippen LogP contribution in [0.5, 0.6) is 0 Å². The van der Waals surface area contributed by atoms with E-state index in [2.05, 4.69) is 13.8 Å². The van der Waals surface area contributed by atoms with Gasteiger partial charge in [-0.1, -0.05) is 98.3 Å². The topological polar surface area (TPSA) is 0 Å². The second-order valence-corrected chi connectivity index (χ2v) is 7.90. The molecule has 20 heavy (non-hydrogen) atoms. The monoisotopic (exact) mass is 280 g/mol. The highest BCUT2D eigenvalue weighted by atomic mass is 14.3. The highest BCUT2D eigenvalue weighted by Gasteiger charge is 2.22. The minimum Gasteiger partial charge on any atom is -0.0776 e. The third-order valence-electron chi connectivity index (χ3n) is 5.92. The van der Waals surface area contributed by atoms with Crippen LogP contribution in [0, 0.1) is 23.7 Å². The highest BCUT2D eigenvalue weighted by molar-refractivity contribution is 4.74. The van der Waals surface area contributed by atoms with E-state index in [0.29, 0.717) is 0 Å². The van der Waals surface area contributed by atoms with Gasteiger partial charge in [-0.2, -0.15) is 0 Å². The zero-order chi connectivity index (χ0) is 13.5. The van der Waals surface area contributed by atoms with Gasteiger partial charge in [0, 0.05) is 0 Å². The van der Waals surface area contributed by atoms with Gasteiger partial charge in [0.2, 0.25) is 0 Å². The molecule has 0 aliphatic heterocycles. The molecule has 2 aliphatic carbocycles. The molecule has 2 saturated carbocycles. The average Bonchev–Trinajstić information content (AvgIpc) is 2.41. The molecule has 0 aromatic heterocycles. The van der Waals surface area contributed by atoms with Gasteiger partial charge in [0.05, 0.1) is 0 Å². The molecule has 0 amide bonds. The van der Waals surface area contributed by atoms with Crippen LogP contribution in [0.4, 0.5) is 0 Å². The average molecular weight is 281 g/mol.